The van der Waals surface area contributed by atoms with Gasteiger partial charge in [-0.05, 0) is 57.2 Å². The van der Waals surface area contributed by atoms with E-state index in [2.05, 4.69) is 10.0 Å². The van der Waals surface area contributed by atoms with Crippen LogP contribution in [0.2, 0.25) is 0 Å². The lowest BCUT2D eigenvalue weighted by atomic mass is 10.1. The van der Waals surface area contributed by atoms with Gasteiger partial charge >= 0.3 is 0 Å². The van der Waals surface area contributed by atoms with Crippen LogP contribution in [0.3, 0.4) is 0 Å². The number of carbonyl (C=O) groups excluding carboxylic acids is 1. The van der Waals surface area contributed by atoms with Crippen molar-refractivity contribution in [3.05, 3.63) is 54.1 Å². The highest BCUT2D eigenvalue weighted by atomic mass is 32.2. The Balaban J connectivity index is 2.29. The van der Waals surface area contributed by atoms with Crippen molar-refractivity contribution in [2.45, 2.75) is 36.1 Å². The average Bonchev–Trinajstić information content (AvgIpc) is 2.52. The van der Waals surface area contributed by atoms with E-state index in [0.717, 1.165) is 6.26 Å². The summed E-state index contributed by atoms with van der Waals surface area (Å²) in [7, 11) is -7.19. The zero-order valence-corrected chi connectivity index (χ0v) is 17.1. The smallest absolute Gasteiger partial charge is 0.255 e. The van der Waals surface area contributed by atoms with Crippen molar-refractivity contribution >= 4 is 31.5 Å². The molecule has 0 fully saturated rings. The first-order valence-electron chi connectivity index (χ1n) is 8.03. The van der Waals surface area contributed by atoms with E-state index in [1.807, 2.05) is 0 Å². The molecule has 0 saturated heterocycles. The average molecular weight is 411 g/mol. The lowest BCUT2D eigenvalue weighted by Gasteiger charge is -2.20. The molecule has 0 radical (unpaired) electrons. The first-order chi connectivity index (χ1) is 12.3. The van der Waals surface area contributed by atoms with Crippen LogP contribution in [0.25, 0.3) is 0 Å². The molecule has 0 aliphatic rings. The number of amides is 1. The molecule has 7 nitrogen and oxygen atoms in total. The topological polar surface area (TPSA) is 109 Å². The van der Waals surface area contributed by atoms with Gasteiger partial charge in [-0.15, -0.1) is 0 Å². The molecule has 0 bridgehead atoms. The Morgan fingerprint density at radius 1 is 0.889 bits per heavy atom. The monoisotopic (exact) mass is 410 g/mol. The maximum atomic E-state index is 12.5. The quantitative estimate of drug-likeness (QED) is 0.787. The molecule has 0 unspecified atom stereocenters. The van der Waals surface area contributed by atoms with E-state index in [0.29, 0.717) is 5.69 Å². The van der Waals surface area contributed by atoms with Crippen LogP contribution in [-0.2, 0) is 19.9 Å². The van der Waals surface area contributed by atoms with Gasteiger partial charge in [-0.1, -0.05) is 12.1 Å². The Morgan fingerprint density at radius 2 is 1.48 bits per heavy atom. The molecule has 146 valence electrons. The van der Waals surface area contributed by atoms with E-state index < -0.39 is 31.3 Å². The summed E-state index contributed by atoms with van der Waals surface area (Å²) in [6, 6.07) is 11.4. The van der Waals surface area contributed by atoms with E-state index in [9.17, 15) is 21.6 Å². The van der Waals surface area contributed by atoms with Crippen LogP contribution in [0.15, 0.2) is 58.3 Å². The third kappa shape index (κ3) is 5.88. The van der Waals surface area contributed by atoms with Crippen molar-refractivity contribution in [1.82, 2.24) is 4.72 Å². The van der Waals surface area contributed by atoms with Crippen LogP contribution in [0.4, 0.5) is 5.69 Å². The summed E-state index contributed by atoms with van der Waals surface area (Å²) in [6.45, 7) is 5.15. The fourth-order valence-corrected chi connectivity index (χ4v) is 4.40. The highest BCUT2D eigenvalue weighted by Gasteiger charge is 2.22. The molecule has 0 aliphatic carbocycles. The molecular weight excluding hydrogens is 388 g/mol. The molecule has 0 aliphatic heterocycles. The van der Waals surface area contributed by atoms with Gasteiger partial charge in [0.15, 0.2) is 9.84 Å². The summed E-state index contributed by atoms with van der Waals surface area (Å²) in [4.78, 5) is 12.5. The number of hydrogen-bond donors (Lipinski definition) is 2. The highest BCUT2D eigenvalue weighted by Crippen LogP contribution is 2.18. The zero-order valence-electron chi connectivity index (χ0n) is 15.5. The summed E-state index contributed by atoms with van der Waals surface area (Å²) < 4.78 is 50.6. The third-order valence-electron chi connectivity index (χ3n) is 3.37. The molecule has 0 aromatic heterocycles. The number of sulfone groups is 1. The normalized spacial score (nSPS) is 12.6. The number of rotatable bonds is 5. The molecule has 0 spiro atoms. The molecule has 1 amide bonds. The van der Waals surface area contributed by atoms with E-state index in [1.165, 1.54) is 42.5 Å². The minimum atomic E-state index is -3.78. The van der Waals surface area contributed by atoms with Gasteiger partial charge in [0.05, 0.1) is 9.79 Å². The number of anilines is 1. The second-order valence-electron chi connectivity index (χ2n) is 7.14. The molecule has 9 heteroatoms. The summed E-state index contributed by atoms with van der Waals surface area (Å²) >= 11 is 0. The second kappa shape index (κ2) is 7.41. The maximum Gasteiger partial charge on any atom is 0.255 e. The van der Waals surface area contributed by atoms with Crippen LogP contribution >= 0.6 is 0 Å². The van der Waals surface area contributed by atoms with Gasteiger partial charge in [0.2, 0.25) is 10.0 Å². The standard InChI is InChI=1S/C18H22N2O5S2/c1-18(2,3)20-27(24,25)16-10-5-7-13(11-16)17(21)19-14-8-6-9-15(12-14)26(4,22)23/h5-12,20H,1-4H3,(H,19,21). The summed E-state index contributed by atoms with van der Waals surface area (Å²) in [5.41, 5.74) is -0.232. The molecule has 0 saturated carbocycles. The summed E-state index contributed by atoms with van der Waals surface area (Å²) in [5, 5.41) is 2.58. The third-order valence-corrected chi connectivity index (χ3v) is 6.23. The second-order valence-corrected chi connectivity index (χ2v) is 10.8. The van der Waals surface area contributed by atoms with Gasteiger partial charge in [-0.25, -0.2) is 21.6 Å². The molecule has 0 heterocycles. The Labute approximate surface area is 159 Å². The van der Waals surface area contributed by atoms with Crippen molar-refractivity contribution in [3.8, 4) is 0 Å². The fraction of sp³-hybridized carbons (Fsp3) is 0.278. The molecule has 2 aromatic rings. The van der Waals surface area contributed by atoms with E-state index in [1.54, 1.807) is 26.8 Å². The molecule has 2 rings (SSSR count). The number of nitrogens with one attached hydrogen (secondary N) is 2. The summed E-state index contributed by atoms with van der Waals surface area (Å²) in [6.07, 6.45) is 1.07. The Bertz CT molecular complexity index is 1070. The Kier molecular flexibility index (Phi) is 5.79. The Hall–Kier alpha value is -2.23. The van der Waals surface area contributed by atoms with Gasteiger partial charge in [0, 0.05) is 23.0 Å². The van der Waals surface area contributed by atoms with Crippen molar-refractivity contribution in [3.63, 3.8) is 0 Å². The maximum absolute atomic E-state index is 12.5. The lowest BCUT2D eigenvalue weighted by Crippen LogP contribution is -2.40. The van der Waals surface area contributed by atoms with Gasteiger partial charge in [-0.3, -0.25) is 4.79 Å². The van der Waals surface area contributed by atoms with Gasteiger partial charge in [0.1, 0.15) is 0 Å². The van der Waals surface area contributed by atoms with Gasteiger partial charge in [-0.2, -0.15) is 0 Å². The lowest BCUT2D eigenvalue weighted by molar-refractivity contribution is 0.102. The van der Waals surface area contributed by atoms with Crippen molar-refractivity contribution in [2.75, 3.05) is 11.6 Å². The predicted octanol–water partition coefficient (Wildman–Crippen LogP) is 2.42. The molecule has 27 heavy (non-hydrogen) atoms. The van der Waals surface area contributed by atoms with E-state index in [-0.39, 0.29) is 15.4 Å². The minimum absolute atomic E-state index is 0.0324. The number of benzene rings is 2. The van der Waals surface area contributed by atoms with Crippen molar-refractivity contribution < 1.29 is 21.6 Å². The highest BCUT2D eigenvalue weighted by molar-refractivity contribution is 7.90. The van der Waals surface area contributed by atoms with Gasteiger partial charge in [0.25, 0.3) is 5.91 Å². The van der Waals surface area contributed by atoms with Crippen molar-refractivity contribution in [1.29, 1.82) is 0 Å². The fourth-order valence-electron chi connectivity index (χ4n) is 2.27. The van der Waals surface area contributed by atoms with Crippen LogP contribution in [0.5, 0.6) is 0 Å². The van der Waals surface area contributed by atoms with Crippen LogP contribution in [-0.4, -0.2) is 34.5 Å². The van der Waals surface area contributed by atoms with E-state index >= 15 is 0 Å². The molecular formula is C18H22N2O5S2. The minimum Gasteiger partial charge on any atom is -0.322 e. The molecule has 0 atom stereocenters. The first-order valence-corrected chi connectivity index (χ1v) is 11.4. The van der Waals surface area contributed by atoms with Crippen LogP contribution < -0.4 is 10.0 Å². The summed E-state index contributed by atoms with van der Waals surface area (Å²) in [5.74, 6) is -0.548. The Morgan fingerprint density at radius 3 is 2.07 bits per heavy atom. The molecule has 2 aromatic carbocycles. The van der Waals surface area contributed by atoms with Crippen LogP contribution in [0.1, 0.15) is 31.1 Å². The zero-order chi connectivity index (χ0) is 20.5. The van der Waals surface area contributed by atoms with E-state index in [4.69, 9.17) is 0 Å². The largest absolute Gasteiger partial charge is 0.322 e. The van der Waals surface area contributed by atoms with Crippen molar-refractivity contribution in [2.24, 2.45) is 0 Å². The predicted molar refractivity (Wildman–Crippen MR) is 104 cm³/mol. The number of hydrogen-bond acceptors (Lipinski definition) is 5. The van der Waals surface area contributed by atoms with Gasteiger partial charge < -0.3 is 5.32 Å². The number of sulfonamides is 1. The molecule has 2 N–H and O–H groups in total. The SMILES string of the molecule is CC(C)(C)NS(=O)(=O)c1cccc(C(=O)Nc2cccc(S(C)(=O)=O)c2)c1. The first kappa shape index (κ1) is 21.1. The number of carbonyl (C=O) groups is 1. The van der Waals surface area contributed by atoms with Crippen LogP contribution in [0, 0.1) is 0 Å².